The predicted molar refractivity (Wildman–Crippen MR) is 49.9 cm³/mol. The van der Waals surface area contributed by atoms with E-state index in [0.717, 1.165) is 18.4 Å². The molecule has 0 aromatic rings. The normalized spacial score (nSPS) is 32.0. The second-order valence-corrected chi connectivity index (χ2v) is 3.93. The summed E-state index contributed by atoms with van der Waals surface area (Å²) in [5.74, 6) is 0.707. The predicted octanol–water partition coefficient (Wildman–Crippen LogP) is 2.23. The van der Waals surface area contributed by atoms with Crippen LogP contribution in [-0.4, -0.2) is 11.0 Å². The fraction of sp³-hybridized carbons (Fsp3) is 0.667. The monoisotopic (exact) mass is 170 g/mol. The van der Waals surface area contributed by atoms with Crippen molar-refractivity contribution in [2.75, 3.05) is 0 Å². The molecule has 0 bridgehead atoms. The molecule has 0 radical (unpaired) electrons. The standard InChI is InChI=1S/C9H14OS/c1-6(2)7-3-4-9(11)8(10)5-7/h7,9,11H,1,3-5H2,2H3/t7-,9+/m0/s1. The first-order valence-electron chi connectivity index (χ1n) is 3.97. The molecule has 1 aliphatic carbocycles. The number of hydrogen-bond acceptors (Lipinski definition) is 2. The van der Waals surface area contributed by atoms with Gasteiger partial charge in [0.05, 0.1) is 5.25 Å². The maximum Gasteiger partial charge on any atom is 0.146 e. The lowest BCUT2D eigenvalue weighted by Crippen LogP contribution is -2.25. The van der Waals surface area contributed by atoms with Gasteiger partial charge in [-0.3, -0.25) is 4.79 Å². The summed E-state index contributed by atoms with van der Waals surface area (Å²) < 4.78 is 0. The lowest BCUT2D eigenvalue weighted by molar-refractivity contribution is -0.120. The number of carbonyl (C=O) groups is 1. The number of thiol groups is 1. The molecule has 1 aliphatic rings. The molecule has 0 spiro atoms. The van der Waals surface area contributed by atoms with Crippen LogP contribution in [0.2, 0.25) is 0 Å². The number of carbonyl (C=O) groups excluding carboxylic acids is 1. The molecule has 1 fully saturated rings. The average molecular weight is 170 g/mol. The van der Waals surface area contributed by atoms with E-state index in [9.17, 15) is 4.79 Å². The Morgan fingerprint density at radius 3 is 2.73 bits per heavy atom. The Morgan fingerprint density at radius 2 is 2.27 bits per heavy atom. The van der Waals surface area contributed by atoms with Gasteiger partial charge in [0, 0.05) is 6.42 Å². The molecule has 0 heterocycles. The molecule has 0 unspecified atom stereocenters. The van der Waals surface area contributed by atoms with Crippen molar-refractivity contribution >= 4 is 18.4 Å². The molecule has 1 saturated carbocycles. The molecule has 0 aromatic carbocycles. The molecule has 11 heavy (non-hydrogen) atoms. The lowest BCUT2D eigenvalue weighted by Gasteiger charge is -2.24. The second kappa shape index (κ2) is 3.44. The van der Waals surface area contributed by atoms with Gasteiger partial charge in [-0.1, -0.05) is 12.2 Å². The van der Waals surface area contributed by atoms with Crippen molar-refractivity contribution in [2.24, 2.45) is 5.92 Å². The van der Waals surface area contributed by atoms with Gasteiger partial charge in [0.25, 0.3) is 0 Å². The second-order valence-electron chi connectivity index (χ2n) is 3.31. The van der Waals surface area contributed by atoms with Crippen LogP contribution in [0, 0.1) is 5.92 Å². The van der Waals surface area contributed by atoms with E-state index >= 15 is 0 Å². The van der Waals surface area contributed by atoms with Crippen LogP contribution in [0.25, 0.3) is 0 Å². The van der Waals surface area contributed by atoms with Gasteiger partial charge in [-0.05, 0) is 25.7 Å². The first-order valence-corrected chi connectivity index (χ1v) is 4.49. The number of allylic oxidation sites excluding steroid dienone is 1. The third kappa shape index (κ3) is 2.09. The minimum Gasteiger partial charge on any atom is -0.298 e. The molecule has 0 aliphatic heterocycles. The van der Waals surface area contributed by atoms with Crippen LogP contribution in [0.15, 0.2) is 12.2 Å². The minimum atomic E-state index is -0.00870. The van der Waals surface area contributed by atoms with E-state index in [1.807, 2.05) is 6.92 Å². The fourth-order valence-corrected chi connectivity index (χ4v) is 1.68. The zero-order valence-corrected chi connectivity index (χ0v) is 7.73. The first-order chi connectivity index (χ1) is 5.11. The van der Waals surface area contributed by atoms with Crippen LogP contribution in [0.5, 0.6) is 0 Å². The number of ketones is 1. The third-order valence-electron chi connectivity index (χ3n) is 2.30. The highest BCUT2D eigenvalue weighted by Gasteiger charge is 2.25. The fourth-order valence-electron chi connectivity index (χ4n) is 1.42. The summed E-state index contributed by atoms with van der Waals surface area (Å²) in [6.45, 7) is 5.86. The maximum absolute atomic E-state index is 11.2. The number of hydrogen-bond donors (Lipinski definition) is 1. The van der Waals surface area contributed by atoms with E-state index in [0.29, 0.717) is 12.3 Å². The molecule has 0 N–H and O–H groups in total. The molecule has 2 atom stereocenters. The molecular formula is C9H14OS. The van der Waals surface area contributed by atoms with E-state index < -0.39 is 0 Å². The summed E-state index contributed by atoms with van der Waals surface area (Å²) in [5, 5.41) is -0.00870. The van der Waals surface area contributed by atoms with Crippen LogP contribution in [-0.2, 0) is 4.79 Å². The SMILES string of the molecule is C=C(C)[C@H]1CC[C@@H](S)C(=O)C1. The third-order valence-corrected chi connectivity index (χ3v) is 2.85. The summed E-state index contributed by atoms with van der Waals surface area (Å²) in [7, 11) is 0. The van der Waals surface area contributed by atoms with Crippen LogP contribution in [0.4, 0.5) is 0 Å². The molecule has 0 saturated heterocycles. The highest BCUT2D eigenvalue weighted by molar-refractivity contribution is 7.81. The topological polar surface area (TPSA) is 17.1 Å². The van der Waals surface area contributed by atoms with Crippen molar-refractivity contribution in [1.29, 1.82) is 0 Å². The van der Waals surface area contributed by atoms with E-state index in [1.165, 1.54) is 0 Å². The Kier molecular flexibility index (Phi) is 2.77. The molecule has 0 aromatic heterocycles. The zero-order valence-electron chi connectivity index (χ0n) is 6.84. The minimum absolute atomic E-state index is 0.00870. The summed E-state index contributed by atoms with van der Waals surface area (Å²) in [4.78, 5) is 11.2. The first kappa shape index (κ1) is 8.85. The van der Waals surface area contributed by atoms with Gasteiger partial charge in [-0.15, -0.1) is 0 Å². The Balaban J connectivity index is 2.53. The molecular weight excluding hydrogens is 156 g/mol. The van der Waals surface area contributed by atoms with Gasteiger partial charge >= 0.3 is 0 Å². The van der Waals surface area contributed by atoms with Crippen LogP contribution in [0.1, 0.15) is 26.2 Å². The average Bonchev–Trinajstić information content (AvgIpc) is 1.94. The largest absolute Gasteiger partial charge is 0.298 e. The van der Waals surface area contributed by atoms with Crippen molar-refractivity contribution in [3.05, 3.63) is 12.2 Å². The summed E-state index contributed by atoms with van der Waals surface area (Å²) in [6, 6.07) is 0. The van der Waals surface area contributed by atoms with Gasteiger partial charge in [0.1, 0.15) is 5.78 Å². The van der Waals surface area contributed by atoms with E-state index in [-0.39, 0.29) is 11.0 Å². The molecule has 0 amide bonds. The molecule has 62 valence electrons. The van der Waals surface area contributed by atoms with Crippen molar-refractivity contribution in [3.8, 4) is 0 Å². The quantitative estimate of drug-likeness (QED) is 0.472. The zero-order chi connectivity index (χ0) is 8.43. The van der Waals surface area contributed by atoms with Crippen molar-refractivity contribution in [1.82, 2.24) is 0 Å². The Morgan fingerprint density at radius 1 is 1.64 bits per heavy atom. The number of Topliss-reactive ketones (excluding diaryl/α,β-unsaturated/α-hetero) is 1. The maximum atomic E-state index is 11.2. The molecule has 2 heteroatoms. The van der Waals surface area contributed by atoms with Gasteiger partial charge in [0.15, 0.2) is 0 Å². The van der Waals surface area contributed by atoms with Gasteiger partial charge in [-0.2, -0.15) is 12.6 Å². The van der Waals surface area contributed by atoms with Gasteiger partial charge in [0.2, 0.25) is 0 Å². The van der Waals surface area contributed by atoms with Crippen LogP contribution < -0.4 is 0 Å². The molecule has 1 nitrogen and oxygen atoms in total. The van der Waals surface area contributed by atoms with Crippen molar-refractivity contribution in [2.45, 2.75) is 31.4 Å². The van der Waals surface area contributed by atoms with Crippen LogP contribution >= 0.6 is 12.6 Å². The van der Waals surface area contributed by atoms with Gasteiger partial charge in [-0.25, -0.2) is 0 Å². The smallest absolute Gasteiger partial charge is 0.146 e. The Hall–Kier alpha value is -0.240. The van der Waals surface area contributed by atoms with E-state index in [2.05, 4.69) is 19.2 Å². The van der Waals surface area contributed by atoms with Crippen molar-refractivity contribution in [3.63, 3.8) is 0 Å². The van der Waals surface area contributed by atoms with Crippen molar-refractivity contribution < 1.29 is 4.79 Å². The highest BCUT2D eigenvalue weighted by atomic mass is 32.1. The summed E-state index contributed by atoms with van der Waals surface area (Å²) in [5.41, 5.74) is 1.14. The lowest BCUT2D eigenvalue weighted by atomic mass is 9.84. The Labute approximate surface area is 73.3 Å². The van der Waals surface area contributed by atoms with E-state index in [4.69, 9.17) is 0 Å². The molecule has 1 rings (SSSR count). The van der Waals surface area contributed by atoms with Gasteiger partial charge < -0.3 is 0 Å². The highest BCUT2D eigenvalue weighted by Crippen LogP contribution is 2.28. The van der Waals surface area contributed by atoms with Crippen LogP contribution in [0.3, 0.4) is 0 Å². The summed E-state index contributed by atoms with van der Waals surface area (Å²) >= 11 is 4.19. The summed E-state index contributed by atoms with van der Waals surface area (Å²) in [6.07, 6.45) is 2.65. The number of rotatable bonds is 1. The van der Waals surface area contributed by atoms with E-state index in [1.54, 1.807) is 0 Å². The Bertz CT molecular complexity index is 186.